The second-order valence-electron chi connectivity index (χ2n) is 10.1. The first-order chi connectivity index (χ1) is 20.5. The molecule has 1 aromatic heterocycles. The first kappa shape index (κ1) is 27.1. The van der Waals surface area contributed by atoms with Crippen molar-refractivity contribution in [2.75, 3.05) is 0 Å². The largest absolute Gasteiger partial charge is 0.478 e. The third kappa shape index (κ3) is 5.71. The van der Waals surface area contributed by atoms with Crippen LogP contribution >= 0.6 is 11.8 Å². The van der Waals surface area contributed by atoms with Gasteiger partial charge >= 0.3 is 5.97 Å². The summed E-state index contributed by atoms with van der Waals surface area (Å²) in [6.07, 6.45) is 2.08. The van der Waals surface area contributed by atoms with Gasteiger partial charge in [-0.2, -0.15) is 0 Å². The van der Waals surface area contributed by atoms with E-state index in [0.29, 0.717) is 5.56 Å². The van der Waals surface area contributed by atoms with Gasteiger partial charge < -0.3 is 15.0 Å². The third-order valence-corrected chi connectivity index (χ3v) is 8.29. The van der Waals surface area contributed by atoms with Crippen molar-refractivity contribution in [3.8, 4) is 22.3 Å². The normalized spacial score (nSPS) is 11.0. The van der Waals surface area contributed by atoms with E-state index in [1.807, 2.05) is 61.6 Å². The fourth-order valence-electron chi connectivity index (χ4n) is 5.04. The quantitative estimate of drug-likeness (QED) is 0.194. The van der Waals surface area contributed by atoms with Gasteiger partial charge in [-0.25, -0.2) is 4.79 Å². The summed E-state index contributed by atoms with van der Waals surface area (Å²) in [4.78, 5) is 27.1. The summed E-state index contributed by atoms with van der Waals surface area (Å²) in [6, 6.07) is 39.5. The summed E-state index contributed by atoms with van der Waals surface area (Å²) in [5.41, 5.74) is 6.92. The van der Waals surface area contributed by atoms with Crippen LogP contribution in [-0.4, -0.2) is 21.6 Å². The van der Waals surface area contributed by atoms with Gasteiger partial charge in [0.2, 0.25) is 0 Å². The molecule has 1 heterocycles. The zero-order valence-corrected chi connectivity index (χ0v) is 23.8. The number of hydrogen-bond acceptors (Lipinski definition) is 3. The molecule has 0 aliphatic rings. The molecular formula is C36H28N2O3S. The van der Waals surface area contributed by atoms with Crippen LogP contribution in [0.2, 0.25) is 0 Å². The Hall–Kier alpha value is -5.07. The molecule has 0 bridgehead atoms. The molecule has 2 N–H and O–H groups in total. The Bertz CT molecular complexity index is 1880. The summed E-state index contributed by atoms with van der Waals surface area (Å²) in [5.74, 6) is -1.16. The predicted octanol–water partition coefficient (Wildman–Crippen LogP) is 8.29. The fraction of sp³-hybridized carbons (Fsp3) is 0.0556. The van der Waals surface area contributed by atoms with E-state index >= 15 is 0 Å². The van der Waals surface area contributed by atoms with E-state index in [9.17, 15) is 14.7 Å². The van der Waals surface area contributed by atoms with Crippen molar-refractivity contribution < 1.29 is 14.7 Å². The van der Waals surface area contributed by atoms with Crippen molar-refractivity contribution in [1.82, 2.24) is 9.88 Å². The molecule has 0 atom stereocenters. The van der Waals surface area contributed by atoms with Crippen LogP contribution in [0, 0.1) is 0 Å². The van der Waals surface area contributed by atoms with E-state index in [0.717, 1.165) is 42.9 Å². The number of aryl methyl sites for hydroxylation is 1. The minimum atomic E-state index is -0.977. The second kappa shape index (κ2) is 11.8. The maximum Gasteiger partial charge on any atom is 0.335 e. The molecule has 5 aromatic carbocycles. The van der Waals surface area contributed by atoms with E-state index < -0.39 is 5.97 Å². The molecular weight excluding hydrogens is 540 g/mol. The number of hydrogen-bond donors (Lipinski definition) is 2. The van der Waals surface area contributed by atoms with Crippen molar-refractivity contribution in [2.24, 2.45) is 7.05 Å². The second-order valence-corrected chi connectivity index (χ2v) is 11.2. The molecule has 0 saturated carbocycles. The van der Waals surface area contributed by atoms with Gasteiger partial charge in [0.25, 0.3) is 5.91 Å². The van der Waals surface area contributed by atoms with Gasteiger partial charge in [-0.15, -0.1) is 0 Å². The number of amides is 1. The summed E-state index contributed by atoms with van der Waals surface area (Å²) < 4.78 is 2.07. The van der Waals surface area contributed by atoms with E-state index in [1.165, 1.54) is 5.56 Å². The minimum Gasteiger partial charge on any atom is -0.478 e. The zero-order chi connectivity index (χ0) is 29.1. The summed E-state index contributed by atoms with van der Waals surface area (Å²) in [6.45, 7) is 0.284. The first-order valence-electron chi connectivity index (χ1n) is 13.6. The highest BCUT2D eigenvalue weighted by atomic mass is 32.2. The summed E-state index contributed by atoms with van der Waals surface area (Å²) >= 11 is 1.64. The Morgan fingerprint density at radius 3 is 1.95 bits per heavy atom. The number of nitrogens with zero attached hydrogens (tertiary/aromatic N) is 1. The van der Waals surface area contributed by atoms with Crippen LogP contribution in [0.5, 0.6) is 0 Å². The Balaban J connectivity index is 1.35. The van der Waals surface area contributed by atoms with Crippen LogP contribution in [0.1, 0.15) is 26.3 Å². The van der Waals surface area contributed by atoms with Gasteiger partial charge in [0.05, 0.1) is 16.6 Å². The van der Waals surface area contributed by atoms with E-state index in [2.05, 4.69) is 58.5 Å². The van der Waals surface area contributed by atoms with Crippen LogP contribution in [0.3, 0.4) is 0 Å². The fourth-order valence-corrected chi connectivity index (χ4v) is 6.10. The molecule has 0 unspecified atom stereocenters. The molecule has 5 nitrogen and oxygen atoms in total. The van der Waals surface area contributed by atoms with Crippen LogP contribution in [-0.2, 0) is 13.6 Å². The van der Waals surface area contributed by atoms with E-state index in [1.54, 1.807) is 36.0 Å². The first-order valence-corrected chi connectivity index (χ1v) is 14.4. The summed E-state index contributed by atoms with van der Waals surface area (Å²) in [5, 5.41) is 13.1. The number of carbonyl (C=O) groups is 2. The van der Waals surface area contributed by atoms with Gasteiger partial charge in [-0.1, -0.05) is 96.7 Å². The average molecular weight is 569 g/mol. The SMILES string of the molecule is Cn1cc(Sc2ccc(-c3ccccc3)cc2)c2c(C(=O)NCc3ccc(C(=O)O)cc3)cc(-c3ccccc3)cc21. The van der Waals surface area contributed by atoms with Crippen molar-refractivity contribution >= 4 is 34.5 Å². The monoisotopic (exact) mass is 568 g/mol. The third-order valence-electron chi connectivity index (χ3n) is 7.25. The Kier molecular flexibility index (Phi) is 7.62. The number of benzene rings is 5. The molecule has 0 radical (unpaired) electrons. The lowest BCUT2D eigenvalue weighted by molar-refractivity contribution is 0.0696. The van der Waals surface area contributed by atoms with Gasteiger partial charge in [0.1, 0.15) is 0 Å². The van der Waals surface area contributed by atoms with Gasteiger partial charge in [0.15, 0.2) is 0 Å². The maximum absolute atomic E-state index is 13.8. The number of carboxylic acid groups (broad SMARTS) is 1. The topological polar surface area (TPSA) is 71.3 Å². The standard InChI is InChI=1S/C36H28N2O3S/c1-38-23-33(42-30-18-16-27(17-19-30)25-8-4-2-5-9-25)34-31(20-29(21-32(34)38)26-10-6-3-7-11-26)35(39)37-22-24-12-14-28(15-13-24)36(40)41/h2-21,23H,22H2,1H3,(H,37,39)(H,40,41). The molecule has 0 aliphatic carbocycles. The van der Waals surface area contributed by atoms with Crippen molar-refractivity contribution in [1.29, 1.82) is 0 Å². The minimum absolute atomic E-state index is 0.187. The maximum atomic E-state index is 13.8. The lowest BCUT2D eigenvalue weighted by Gasteiger charge is -2.12. The van der Waals surface area contributed by atoms with E-state index in [-0.39, 0.29) is 18.0 Å². The Labute approximate surface area is 248 Å². The van der Waals surface area contributed by atoms with Crippen LogP contribution in [0.15, 0.2) is 137 Å². The number of aromatic nitrogens is 1. The number of nitrogens with one attached hydrogen (secondary N) is 1. The van der Waals surface area contributed by atoms with E-state index in [4.69, 9.17) is 0 Å². The number of fused-ring (bicyclic) bond motifs is 1. The predicted molar refractivity (Wildman–Crippen MR) is 169 cm³/mol. The Morgan fingerprint density at radius 1 is 0.738 bits per heavy atom. The Morgan fingerprint density at radius 2 is 1.33 bits per heavy atom. The highest BCUT2D eigenvalue weighted by Gasteiger charge is 2.19. The van der Waals surface area contributed by atoms with Crippen molar-refractivity contribution in [3.63, 3.8) is 0 Å². The smallest absolute Gasteiger partial charge is 0.335 e. The molecule has 0 spiro atoms. The van der Waals surface area contributed by atoms with Crippen LogP contribution in [0.4, 0.5) is 0 Å². The molecule has 6 heteroatoms. The van der Waals surface area contributed by atoms with Crippen LogP contribution < -0.4 is 5.32 Å². The van der Waals surface area contributed by atoms with Gasteiger partial charge in [-0.05, 0) is 64.2 Å². The lowest BCUT2D eigenvalue weighted by Crippen LogP contribution is -2.23. The molecule has 1 amide bonds. The number of aromatic carboxylic acids is 1. The average Bonchev–Trinajstić information content (AvgIpc) is 3.35. The van der Waals surface area contributed by atoms with Crippen LogP contribution in [0.25, 0.3) is 33.2 Å². The molecule has 0 saturated heterocycles. The molecule has 206 valence electrons. The van der Waals surface area contributed by atoms with Gasteiger partial charge in [-0.3, -0.25) is 4.79 Å². The molecule has 0 aliphatic heterocycles. The molecule has 0 fully saturated rings. The molecule has 42 heavy (non-hydrogen) atoms. The number of rotatable bonds is 8. The number of carboxylic acids is 1. The van der Waals surface area contributed by atoms with Crippen molar-refractivity contribution in [3.05, 3.63) is 144 Å². The highest BCUT2D eigenvalue weighted by Crippen LogP contribution is 2.39. The zero-order valence-electron chi connectivity index (χ0n) is 23.0. The number of carbonyl (C=O) groups excluding carboxylic acids is 1. The van der Waals surface area contributed by atoms with Crippen molar-refractivity contribution in [2.45, 2.75) is 16.3 Å². The summed E-state index contributed by atoms with van der Waals surface area (Å²) in [7, 11) is 2.01. The highest BCUT2D eigenvalue weighted by molar-refractivity contribution is 7.99. The molecule has 6 aromatic rings. The van der Waals surface area contributed by atoms with Gasteiger partial charge in [0, 0.05) is 35.0 Å². The lowest BCUT2D eigenvalue weighted by atomic mass is 9.99. The molecule has 6 rings (SSSR count).